The Morgan fingerprint density at radius 3 is 1.88 bits per heavy atom. The van der Waals surface area contributed by atoms with Crippen molar-refractivity contribution in [3.8, 4) is 0 Å². The number of sulfone groups is 1. The standard InChI is InChI=1S/C8H7NO2S.S5/c1-9-7-3-5-8(6-4-7)12(2,10)11;1-3-5-4-2/h3-6H,2H3;. The fraction of sp³-hybridized carbons (Fsp3) is 0.125. The van der Waals surface area contributed by atoms with E-state index in [1.54, 1.807) is 0 Å². The monoisotopic (exact) mass is 341 g/mol. The highest BCUT2D eigenvalue weighted by Gasteiger charge is 2.04. The third-order valence-corrected chi connectivity index (χ3v) is 7.02. The van der Waals surface area contributed by atoms with E-state index in [1.165, 1.54) is 50.9 Å². The predicted octanol–water partition coefficient (Wildman–Crippen LogP) is 1.63. The van der Waals surface area contributed by atoms with Crippen molar-refractivity contribution in [1.82, 2.24) is 0 Å². The summed E-state index contributed by atoms with van der Waals surface area (Å²) in [6, 6.07) is 5.85. The average molecular weight is 342 g/mol. The van der Waals surface area contributed by atoms with Crippen molar-refractivity contribution in [3.63, 3.8) is 0 Å². The van der Waals surface area contributed by atoms with Crippen molar-refractivity contribution in [2.45, 2.75) is 4.90 Å². The van der Waals surface area contributed by atoms with Crippen LogP contribution < -0.4 is 0 Å². The minimum absolute atomic E-state index is 0.245. The Hall–Kier alpha value is -0.240. The van der Waals surface area contributed by atoms with Crippen LogP contribution in [0.1, 0.15) is 0 Å². The Bertz CT molecular complexity index is 614. The molecule has 1 aromatic carbocycles. The van der Waals surface area contributed by atoms with Crippen LogP contribution in [-0.2, 0) is 58.9 Å². The molecular weight excluding hydrogens is 334 g/mol. The third kappa shape index (κ3) is 7.64. The molecule has 0 aliphatic carbocycles. The van der Waals surface area contributed by atoms with E-state index in [1.807, 2.05) is 0 Å². The molecule has 0 heterocycles. The molecule has 0 N–H and O–H groups in total. The topological polar surface area (TPSA) is 38.5 Å². The molecule has 0 amide bonds. The van der Waals surface area contributed by atoms with Gasteiger partial charge in [-0.3, -0.25) is 0 Å². The fourth-order valence-corrected chi connectivity index (χ4v) is 4.15. The first-order valence-electron chi connectivity index (χ1n) is 3.88. The van der Waals surface area contributed by atoms with E-state index in [0.29, 0.717) is 5.69 Å². The van der Waals surface area contributed by atoms with E-state index in [0.717, 1.165) is 6.26 Å². The summed E-state index contributed by atoms with van der Waals surface area (Å²) in [6.07, 6.45) is 1.14. The Kier molecular flexibility index (Phi) is 8.67. The van der Waals surface area contributed by atoms with Crippen LogP contribution >= 0.6 is 0 Å². The second-order valence-corrected chi connectivity index (χ2v) is 9.90. The molecule has 0 spiro atoms. The van der Waals surface area contributed by atoms with Crippen LogP contribution in [0.4, 0.5) is 5.69 Å². The number of hydrogen-bond acceptors (Lipinski definition) is 4. The zero-order chi connectivity index (χ0) is 13.3. The Labute approximate surface area is 119 Å². The maximum atomic E-state index is 11.0. The molecule has 0 aliphatic rings. The van der Waals surface area contributed by atoms with Gasteiger partial charge in [-0.15, -0.1) is 0 Å². The SMILES string of the molecule is S=S=S=S=S.[C-]#[N+]c1ccc(S(C)(=O)=O)cc1. The minimum Gasteiger partial charge on any atom is -0.238 e. The lowest BCUT2D eigenvalue weighted by atomic mass is 10.3. The van der Waals surface area contributed by atoms with Crippen LogP contribution in [0.15, 0.2) is 29.2 Å². The lowest BCUT2D eigenvalue weighted by Crippen LogP contribution is -1.95. The van der Waals surface area contributed by atoms with Gasteiger partial charge >= 0.3 is 0 Å². The van der Waals surface area contributed by atoms with Crippen LogP contribution in [0.2, 0.25) is 0 Å². The summed E-state index contributed by atoms with van der Waals surface area (Å²) in [5.41, 5.74) is 0.447. The van der Waals surface area contributed by atoms with E-state index in [9.17, 15) is 8.42 Å². The van der Waals surface area contributed by atoms with Gasteiger partial charge in [-0.05, 0) is 0 Å². The summed E-state index contributed by atoms with van der Waals surface area (Å²) in [5.74, 6) is 0. The van der Waals surface area contributed by atoms with E-state index >= 15 is 0 Å². The molecule has 1 aromatic rings. The van der Waals surface area contributed by atoms with Gasteiger partial charge in [-0.2, -0.15) is 0 Å². The van der Waals surface area contributed by atoms with E-state index in [4.69, 9.17) is 6.57 Å². The Morgan fingerprint density at radius 2 is 1.65 bits per heavy atom. The van der Waals surface area contributed by atoms with Crippen molar-refractivity contribution in [1.29, 1.82) is 0 Å². The first-order valence-corrected chi connectivity index (χ1v) is 11.1. The number of benzene rings is 1. The summed E-state index contributed by atoms with van der Waals surface area (Å²) in [4.78, 5) is 3.39. The molecule has 0 aliphatic heterocycles. The van der Waals surface area contributed by atoms with E-state index in [2.05, 4.69) is 27.2 Å². The molecule has 3 nitrogen and oxygen atoms in total. The predicted molar refractivity (Wildman–Crippen MR) is 82.6 cm³/mol. The minimum atomic E-state index is -3.13. The molecule has 0 bridgehead atoms. The summed E-state index contributed by atoms with van der Waals surface area (Å²) in [7, 11) is 0.816. The van der Waals surface area contributed by atoms with Crippen LogP contribution in [-0.4, -0.2) is 14.7 Å². The second-order valence-electron chi connectivity index (χ2n) is 2.58. The van der Waals surface area contributed by atoms with Gasteiger partial charge in [-0.25, -0.2) is 13.3 Å². The fourth-order valence-electron chi connectivity index (χ4n) is 0.779. The average Bonchev–Trinajstić information content (AvgIpc) is 2.30. The maximum Gasteiger partial charge on any atom is 0.187 e. The molecule has 0 aromatic heterocycles. The number of hydrogen-bond donors (Lipinski definition) is 0. The van der Waals surface area contributed by atoms with Crippen molar-refractivity contribution >= 4 is 64.5 Å². The largest absolute Gasteiger partial charge is 0.238 e. The second kappa shape index (κ2) is 8.79. The van der Waals surface area contributed by atoms with Gasteiger partial charge in [0.15, 0.2) is 15.5 Å². The van der Waals surface area contributed by atoms with E-state index < -0.39 is 9.84 Å². The Balaban J connectivity index is 0.000000437. The smallest absolute Gasteiger partial charge is 0.187 e. The molecule has 17 heavy (non-hydrogen) atoms. The van der Waals surface area contributed by atoms with Crippen LogP contribution in [0, 0.1) is 6.57 Å². The van der Waals surface area contributed by atoms with Crippen molar-refractivity contribution in [2.75, 3.05) is 6.26 Å². The summed E-state index contributed by atoms with van der Waals surface area (Å²) in [5, 5.41) is 0. The molecule has 0 radical (unpaired) electrons. The third-order valence-electron chi connectivity index (χ3n) is 1.45. The van der Waals surface area contributed by atoms with E-state index in [-0.39, 0.29) is 4.90 Å². The van der Waals surface area contributed by atoms with Gasteiger partial charge in [0.1, 0.15) is 0 Å². The van der Waals surface area contributed by atoms with Gasteiger partial charge in [0.05, 0.1) is 11.5 Å². The normalized spacial score (nSPS) is 9.18. The molecule has 1 rings (SSSR count). The lowest BCUT2D eigenvalue weighted by molar-refractivity contribution is 0.602. The number of rotatable bonds is 1. The van der Waals surface area contributed by atoms with Gasteiger partial charge in [0, 0.05) is 55.3 Å². The maximum absolute atomic E-state index is 11.0. The van der Waals surface area contributed by atoms with Gasteiger partial charge in [-0.1, -0.05) is 24.3 Å². The van der Waals surface area contributed by atoms with Crippen molar-refractivity contribution in [2.24, 2.45) is 0 Å². The zero-order valence-corrected chi connectivity index (χ0v) is 13.4. The molecule has 0 saturated heterocycles. The highest BCUT2D eigenvalue weighted by atomic mass is 33.3. The highest BCUT2D eigenvalue weighted by Crippen LogP contribution is 2.15. The van der Waals surface area contributed by atoms with Crippen LogP contribution in [0.25, 0.3) is 4.85 Å². The number of nitrogens with zero attached hydrogens (tertiary/aromatic N) is 1. The molecular formula is C8H7NO2S6. The first-order chi connectivity index (χ1) is 7.95. The first kappa shape index (κ1) is 16.8. The summed E-state index contributed by atoms with van der Waals surface area (Å²) < 4.78 is 21.9. The van der Waals surface area contributed by atoms with Crippen LogP contribution in [0.5, 0.6) is 0 Å². The van der Waals surface area contributed by atoms with Gasteiger partial charge < -0.3 is 0 Å². The zero-order valence-electron chi connectivity index (χ0n) is 8.52. The van der Waals surface area contributed by atoms with Crippen molar-refractivity contribution in [3.05, 3.63) is 35.7 Å². The molecule has 0 atom stereocenters. The van der Waals surface area contributed by atoms with Gasteiger partial charge in [0.25, 0.3) is 0 Å². The lowest BCUT2D eigenvalue weighted by Gasteiger charge is -1.96. The Morgan fingerprint density at radius 1 is 1.18 bits per heavy atom. The molecule has 0 saturated carbocycles. The summed E-state index contributed by atoms with van der Waals surface area (Å²) >= 11 is 8.89. The van der Waals surface area contributed by atoms with Crippen LogP contribution in [0.3, 0.4) is 0 Å². The van der Waals surface area contributed by atoms with Crippen molar-refractivity contribution < 1.29 is 8.42 Å². The highest BCUT2D eigenvalue weighted by molar-refractivity contribution is 8.59. The molecule has 0 unspecified atom stereocenters. The molecule has 92 valence electrons. The molecule has 9 heteroatoms. The van der Waals surface area contributed by atoms with Gasteiger partial charge in [0.2, 0.25) is 0 Å². The molecule has 0 fully saturated rings. The quantitative estimate of drug-likeness (QED) is 0.728. The summed E-state index contributed by atoms with van der Waals surface area (Å²) in [6.45, 7) is 6.65.